The van der Waals surface area contributed by atoms with Crippen molar-refractivity contribution in [3.8, 4) is 5.75 Å². The van der Waals surface area contributed by atoms with Gasteiger partial charge in [-0.05, 0) is 35.6 Å². The zero-order chi connectivity index (χ0) is 12.1. The number of benzene rings is 1. The van der Waals surface area contributed by atoms with Gasteiger partial charge < -0.3 is 10.1 Å². The SMILES string of the molecule is COc1cc(CNCc2cccs2)ccc1C. The molecule has 0 saturated heterocycles. The molecular formula is C14H17NOS. The minimum atomic E-state index is 0.870. The molecule has 0 fully saturated rings. The Balaban J connectivity index is 1.90. The third-order valence-corrected chi connectivity index (χ3v) is 3.56. The first-order valence-electron chi connectivity index (χ1n) is 5.66. The van der Waals surface area contributed by atoms with Crippen molar-refractivity contribution in [3.05, 3.63) is 51.7 Å². The quantitative estimate of drug-likeness (QED) is 0.875. The largest absolute Gasteiger partial charge is 0.496 e. The molecule has 1 aromatic heterocycles. The third-order valence-electron chi connectivity index (χ3n) is 2.68. The summed E-state index contributed by atoms with van der Waals surface area (Å²) in [5, 5.41) is 5.53. The Hall–Kier alpha value is -1.32. The Kier molecular flexibility index (Phi) is 4.18. The molecule has 0 aliphatic rings. The van der Waals surface area contributed by atoms with Crippen molar-refractivity contribution in [2.45, 2.75) is 20.0 Å². The van der Waals surface area contributed by atoms with Crippen molar-refractivity contribution in [2.24, 2.45) is 0 Å². The summed E-state index contributed by atoms with van der Waals surface area (Å²) in [5.41, 5.74) is 2.43. The van der Waals surface area contributed by atoms with Gasteiger partial charge in [0, 0.05) is 18.0 Å². The van der Waals surface area contributed by atoms with E-state index in [1.54, 1.807) is 18.4 Å². The predicted molar refractivity (Wildman–Crippen MR) is 72.6 cm³/mol. The Morgan fingerprint density at radius 2 is 2.12 bits per heavy atom. The van der Waals surface area contributed by atoms with Crippen molar-refractivity contribution in [1.29, 1.82) is 0 Å². The molecule has 1 heterocycles. The number of ether oxygens (including phenoxy) is 1. The van der Waals surface area contributed by atoms with Gasteiger partial charge in [-0.25, -0.2) is 0 Å². The molecule has 0 atom stereocenters. The van der Waals surface area contributed by atoms with Crippen LogP contribution >= 0.6 is 11.3 Å². The maximum absolute atomic E-state index is 5.31. The standard InChI is InChI=1S/C14H17NOS/c1-11-5-6-12(8-14(11)16-2)9-15-10-13-4-3-7-17-13/h3-8,15H,9-10H2,1-2H3. The lowest BCUT2D eigenvalue weighted by molar-refractivity contribution is 0.411. The molecule has 3 heteroatoms. The topological polar surface area (TPSA) is 21.3 Å². The van der Waals surface area contributed by atoms with E-state index in [1.807, 2.05) is 0 Å². The van der Waals surface area contributed by atoms with Gasteiger partial charge in [0.25, 0.3) is 0 Å². The lowest BCUT2D eigenvalue weighted by Crippen LogP contribution is -2.11. The summed E-state index contributed by atoms with van der Waals surface area (Å²) in [6.45, 7) is 3.85. The van der Waals surface area contributed by atoms with E-state index in [1.165, 1.54) is 16.0 Å². The van der Waals surface area contributed by atoms with E-state index in [2.05, 4.69) is 48.0 Å². The van der Waals surface area contributed by atoms with Gasteiger partial charge in [0.05, 0.1) is 7.11 Å². The molecule has 0 bridgehead atoms. The normalized spacial score (nSPS) is 10.5. The summed E-state index contributed by atoms with van der Waals surface area (Å²) in [4.78, 5) is 1.36. The van der Waals surface area contributed by atoms with Crippen LogP contribution in [-0.4, -0.2) is 7.11 Å². The molecule has 0 saturated carbocycles. The van der Waals surface area contributed by atoms with Crippen molar-refractivity contribution < 1.29 is 4.74 Å². The summed E-state index contributed by atoms with van der Waals surface area (Å²) in [6, 6.07) is 10.6. The first-order valence-corrected chi connectivity index (χ1v) is 6.54. The van der Waals surface area contributed by atoms with Crippen LogP contribution in [-0.2, 0) is 13.1 Å². The molecule has 17 heavy (non-hydrogen) atoms. The zero-order valence-electron chi connectivity index (χ0n) is 10.2. The number of hydrogen-bond acceptors (Lipinski definition) is 3. The number of thiophene rings is 1. The van der Waals surface area contributed by atoms with Gasteiger partial charge in [0.2, 0.25) is 0 Å². The van der Waals surface area contributed by atoms with Crippen molar-refractivity contribution in [2.75, 3.05) is 7.11 Å². The molecular weight excluding hydrogens is 230 g/mol. The van der Waals surface area contributed by atoms with E-state index in [0.29, 0.717) is 0 Å². The second-order valence-corrected chi connectivity index (χ2v) is 5.02. The smallest absolute Gasteiger partial charge is 0.122 e. The fourth-order valence-electron chi connectivity index (χ4n) is 1.72. The Bertz CT molecular complexity index is 465. The number of methoxy groups -OCH3 is 1. The summed E-state index contributed by atoms with van der Waals surface area (Å²) in [7, 11) is 1.71. The van der Waals surface area contributed by atoms with Gasteiger partial charge in [-0.1, -0.05) is 18.2 Å². The first kappa shape index (κ1) is 12.1. The third kappa shape index (κ3) is 3.32. The summed E-state index contributed by atoms with van der Waals surface area (Å²) in [5.74, 6) is 0.959. The monoisotopic (exact) mass is 247 g/mol. The van der Waals surface area contributed by atoms with Crippen LogP contribution in [0, 0.1) is 6.92 Å². The highest BCUT2D eigenvalue weighted by molar-refractivity contribution is 7.09. The molecule has 0 unspecified atom stereocenters. The lowest BCUT2D eigenvalue weighted by Gasteiger charge is -2.08. The van der Waals surface area contributed by atoms with Crippen LogP contribution in [0.25, 0.3) is 0 Å². The predicted octanol–water partition coefficient (Wildman–Crippen LogP) is 3.35. The Labute approximate surface area is 106 Å². The first-order chi connectivity index (χ1) is 8.29. The van der Waals surface area contributed by atoms with E-state index >= 15 is 0 Å². The zero-order valence-corrected chi connectivity index (χ0v) is 11.0. The lowest BCUT2D eigenvalue weighted by atomic mass is 10.1. The number of nitrogens with one attached hydrogen (secondary N) is 1. The Morgan fingerprint density at radius 3 is 2.82 bits per heavy atom. The highest BCUT2D eigenvalue weighted by Crippen LogP contribution is 2.19. The van der Waals surface area contributed by atoms with Crippen LogP contribution in [0.15, 0.2) is 35.7 Å². The fraction of sp³-hybridized carbons (Fsp3) is 0.286. The second kappa shape index (κ2) is 5.84. The van der Waals surface area contributed by atoms with E-state index in [9.17, 15) is 0 Å². The molecule has 0 amide bonds. The van der Waals surface area contributed by atoms with E-state index in [-0.39, 0.29) is 0 Å². The van der Waals surface area contributed by atoms with Crippen LogP contribution in [0.4, 0.5) is 0 Å². The van der Waals surface area contributed by atoms with E-state index in [4.69, 9.17) is 4.74 Å². The van der Waals surface area contributed by atoms with Gasteiger partial charge in [-0.2, -0.15) is 0 Å². The number of aryl methyl sites for hydroxylation is 1. The van der Waals surface area contributed by atoms with Crippen molar-refractivity contribution in [3.63, 3.8) is 0 Å². The number of hydrogen-bond donors (Lipinski definition) is 1. The highest BCUT2D eigenvalue weighted by Gasteiger charge is 2.00. The molecule has 90 valence electrons. The fourth-order valence-corrected chi connectivity index (χ4v) is 2.39. The molecule has 0 spiro atoms. The van der Waals surface area contributed by atoms with Crippen LogP contribution in [0.3, 0.4) is 0 Å². The van der Waals surface area contributed by atoms with Crippen LogP contribution in [0.5, 0.6) is 5.75 Å². The minimum absolute atomic E-state index is 0.870. The van der Waals surface area contributed by atoms with Crippen LogP contribution in [0.1, 0.15) is 16.0 Å². The van der Waals surface area contributed by atoms with Gasteiger partial charge in [-0.3, -0.25) is 0 Å². The molecule has 0 aliphatic heterocycles. The molecule has 2 rings (SSSR count). The average Bonchev–Trinajstić information content (AvgIpc) is 2.84. The van der Waals surface area contributed by atoms with Gasteiger partial charge in [-0.15, -0.1) is 11.3 Å². The maximum Gasteiger partial charge on any atom is 0.122 e. The number of rotatable bonds is 5. The van der Waals surface area contributed by atoms with Gasteiger partial charge >= 0.3 is 0 Å². The van der Waals surface area contributed by atoms with Gasteiger partial charge in [0.15, 0.2) is 0 Å². The van der Waals surface area contributed by atoms with E-state index < -0.39 is 0 Å². The van der Waals surface area contributed by atoms with Crippen molar-refractivity contribution >= 4 is 11.3 Å². The second-order valence-electron chi connectivity index (χ2n) is 3.99. The summed E-state index contributed by atoms with van der Waals surface area (Å²) in [6.07, 6.45) is 0. The van der Waals surface area contributed by atoms with Gasteiger partial charge in [0.1, 0.15) is 5.75 Å². The molecule has 0 aliphatic carbocycles. The summed E-state index contributed by atoms with van der Waals surface area (Å²) >= 11 is 1.78. The maximum atomic E-state index is 5.31. The molecule has 2 nitrogen and oxygen atoms in total. The minimum Gasteiger partial charge on any atom is -0.496 e. The van der Waals surface area contributed by atoms with Crippen molar-refractivity contribution in [1.82, 2.24) is 5.32 Å². The van der Waals surface area contributed by atoms with Crippen LogP contribution in [0.2, 0.25) is 0 Å². The molecule has 1 aromatic carbocycles. The highest BCUT2D eigenvalue weighted by atomic mass is 32.1. The Morgan fingerprint density at radius 1 is 1.24 bits per heavy atom. The van der Waals surface area contributed by atoms with E-state index in [0.717, 1.165) is 18.8 Å². The molecule has 0 radical (unpaired) electrons. The molecule has 2 aromatic rings. The molecule has 1 N–H and O–H groups in total. The summed E-state index contributed by atoms with van der Waals surface area (Å²) < 4.78 is 5.31. The van der Waals surface area contributed by atoms with Crippen LogP contribution < -0.4 is 10.1 Å². The average molecular weight is 247 g/mol.